The molecule has 4 heterocycles. The normalized spacial score (nSPS) is 27.6. The van der Waals surface area contributed by atoms with Crippen molar-refractivity contribution in [1.29, 1.82) is 0 Å². The van der Waals surface area contributed by atoms with Gasteiger partial charge in [-0.3, -0.25) is 9.13 Å². The summed E-state index contributed by atoms with van der Waals surface area (Å²) in [5, 5.41) is 55.3. The van der Waals surface area contributed by atoms with Crippen molar-refractivity contribution in [1.82, 2.24) is 19.1 Å². The Labute approximate surface area is 203 Å². The van der Waals surface area contributed by atoms with Gasteiger partial charge in [-0.15, -0.1) is 0 Å². The number of nitrogens with two attached hydrogens (primary N) is 2. The van der Waals surface area contributed by atoms with Crippen molar-refractivity contribution < 1.29 is 40.1 Å². The van der Waals surface area contributed by atoms with Crippen molar-refractivity contribution >= 4 is 11.6 Å². The van der Waals surface area contributed by atoms with Crippen molar-refractivity contribution in [2.24, 2.45) is 0 Å². The third-order valence-electron chi connectivity index (χ3n) is 5.85. The molecule has 200 valence electrons. The number of hydrogen-bond donors (Lipinski definition) is 8. The van der Waals surface area contributed by atoms with E-state index in [9.17, 15) is 19.8 Å². The number of aliphatic hydroxyl groups excluding tert-OH is 6. The van der Waals surface area contributed by atoms with Crippen molar-refractivity contribution in [2.75, 3.05) is 24.7 Å². The van der Waals surface area contributed by atoms with Crippen molar-refractivity contribution in [3.05, 3.63) is 44.5 Å². The molecule has 0 aromatic carbocycles. The van der Waals surface area contributed by atoms with Crippen LogP contribution in [0.15, 0.2) is 22.0 Å². The van der Waals surface area contributed by atoms with Gasteiger partial charge in [-0.05, 0) is 0 Å². The first-order valence-electron chi connectivity index (χ1n) is 11.0. The standard InChI is InChI=1S/2C10H15N3O5/c2*11-9-5(3-14)2-13(10(17)12-9)8-1-6(16)7(4-15)18-8/h2*2,6-8,14-16H,1,3-4H2,(H2,11,12,17)/t2*6-,7+,8+/m00/s1. The van der Waals surface area contributed by atoms with Gasteiger partial charge >= 0.3 is 11.4 Å². The van der Waals surface area contributed by atoms with E-state index in [4.69, 9.17) is 41.4 Å². The Balaban J connectivity index is 0.000000201. The van der Waals surface area contributed by atoms with Crippen LogP contribution < -0.4 is 22.8 Å². The van der Waals surface area contributed by atoms with E-state index in [1.54, 1.807) is 0 Å². The molecule has 0 bridgehead atoms. The number of aliphatic hydroxyl groups is 6. The number of rotatable bonds is 6. The van der Waals surface area contributed by atoms with Crippen molar-refractivity contribution in [2.45, 2.75) is 62.9 Å². The van der Waals surface area contributed by atoms with Gasteiger partial charge in [-0.25, -0.2) is 9.59 Å². The quantitative estimate of drug-likeness (QED) is 0.182. The first-order chi connectivity index (χ1) is 17.1. The summed E-state index contributed by atoms with van der Waals surface area (Å²) in [4.78, 5) is 30.5. The van der Waals surface area contributed by atoms with Crippen LogP contribution in [-0.2, 0) is 22.7 Å². The fourth-order valence-corrected chi connectivity index (χ4v) is 3.80. The highest BCUT2D eigenvalue weighted by molar-refractivity contribution is 5.36. The molecule has 10 N–H and O–H groups in total. The first-order valence-corrected chi connectivity index (χ1v) is 11.0. The molecule has 2 aliphatic heterocycles. The molecule has 16 nitrogen and oxygen atoms in total. The molecular formula is C20H30N6O10. The molecule has 36 heavy (non-hydrogen) atoms. The lowest BCUT2D eigenvalue weighted by Gasteiger charge is -2.15. The van der Waals surface area contributed by atoms with E-state index in [2.05, 4.69) is 9.97 Å². The van der Waals surface area contributed by atoms with Crippen molar-refractivity contribution in [3.63, 3.8) is 0 Å². The number of nitrogen functional groups attached to an aromatic ring is 2. The molecule has 4 rings (SSSR count). The van der Waals surface area contributed by atoms with Crippen LogP contribution in [0, 0.1) is 0 Å². The highest BCUT2D eigenvalue weighted by Crippen LogP contribution is 2.28. The van der Waals surface area contributed by atoms with Crippen LogP contribution in [0.4, 0.5) is 11.6 Å². The average Bonchev–Trinajstić information content (AvgIpc) is 3.41. The minimum Gasteiger partial charge on any atom is -0.394 e. The molecule has 2 fully saturated rings. The number of aromatic nitrogens is 4. The second-order valence-electron chi connectivity index (χ2n) is 8.23. The molecule has 2 aromatic rings. The Bertz CT molecular complexity index is 1070. The summed E-state index contributed by atoms with van der Waals surface area (Å²) in [5.74, 6) is -0.0630. The second kappa shape index (κ2) is 11.8. The van der Waals surface area contributed by atoms with E-state index < -0.39 is 48.3 Å². The molecular weight excluding hydrogens is 484 g/mol. The number of anilines is 2. The Kier molecular flexibility index (Phi) is 9.09. The smallest absolute Gasteiger partial charge is 0.351 e. The van der Waals surface area contributed by atoms with Gasteiger partial charge in [-0.2, -0.15) is 9.97 Å². The summed E-state index contributed by atoms with van der Waals surface area (Å²) in [6.45, 7) is -1.36. The molecule has 0 saturated carbocycles. The zero-order valence-electron chi connectivity index (χ0n) is 19.1. The number of ether oxygens (including phenoxy) is 2. The topological polar surface area (TPSA) is 262 Å². The van der Waals surface area contributed by atoms with Crippen LogP contribution in [0.5, 0.6) is 0 Å². The second-order valence-corrected chi connectivity index (χ2v) is 8.23. The van der Waals surface area contributed by atoms with Gasteiger partial charge in [-0.1, -0.05) is 0 Å². The van der Waals surface area contributed by atoms with E-state index in [-0.39, 0.29) is 50.9 Å². The maximum absolute atomic E-state index is 11.7. The Morgan fingerprint density at radius 3 is 1.42 bits per heavy atom. The molecule has 0 aliphatic carbocycles. The van der Waals surface area contributed by atoms with E-state index in [0.29, 0.717) is 11.1 Å². The molecule has 2 saturated heterocycles. The SMILES string of the molecule is Nc1nc(=O)n([C@H]2C[C@H](O)[C@@H](CO)O2)cc1CO.Nc1nc(=O)n([C@H]2C[C@H](O)[C@@H](CO)O2)cc1CO. The van der Waals surface area contributed by atoms with Crippen LogP contribution in [0.25, 0.3) is 0 Å². The highest BCUT2D eigenvalue weighted by atomic mass is 16.5. The summed E-state index contributed by atoms with van der Waals surface area (Å²) in [7, 11) is 0. The van der Waals surface area contributed by atoms with Crippen LogP contribution >= 0.6 is 0 Å². The van der Waals surface area contributed by atoms with Crippen LogP contribution in [-0.4, -0.2) is 87.4 Å². The molecule has 0 radical (unpaired) electrons. The maximum atomic E-state index is 11.7. The van der Waals surface area contributed by atoms with Gasteiger partial charge < -0.3 is 51.6 Å². The minimum absolute atomic E-state index is 0.0315. The molecule has 0 unspecified atom stereocenters. The molecule has 2 aliphatic rings. The van der Waals surface area contributed by atoms with E-state index >= 15 is 0 Å². The van der Waals surface area contributed by atoms with Crippen LogP contribution in [0.2, 0.25) is 0 Å². The molecule has 0 amide bonds. The van der Waals surface area contributed by atoms with Gasteiger partial charge in [0.05, 0.1) is 38.6 Å². The molecule has 16 heteroatoms. The zero-order valence-corrected chi connectivity index (χ0v) is 19.1. The lowest BCUT2D eigenvalue weighted by molar-refractivity contribution is -0.0459. The zero-order chi connectivity index (χ0) is 26.6. The summed E-state index contributed by atoms with van der Waals surface area (Å²) >= 11 is 0. The monoisotopic (exact) mass is 514 g/mol. The van der Waals surface area contributed by atoms with Gasteiger partial charge in [0, 0.05) is 36.4 Å². The molecule has 2 aromatic heterocycles. The Morgan fingerprint density at radius 2 is 1.14 bits per heavy atom. The van der Waals surface area contributed by atoms with Gasteiger partial charge in [0.1, 0.15) is 36.3 Å². The van der Waals surface area contributed by atoms with Crippen LogP contribution in [0.3, 0.4) is 0 Å². The summed E-state index contributed by atoms with van der Waals surface area (Å²) in [6.07, 6.45) is -1.54. The van der Waals surface area contributed by atoms with Crippen LogP contribution in [0.1, 0.15) is 36.4 Å². The Hall–Kier alpha value is -2.96. The van der Waals surface area contributed by atoms with Gasteiger partial charge in [0.2, 0.25) is 0 Å². The number of hydrogen-bond acceptors (Lipinski definition) is 14. The fourth-order valence-electron chi connectivity index (χ4n) is 3.80. The Morgan fingerprint density at radius 1 is 0.778 bits per heavy atom. The summed E-state index contributed by atoms with van der Waals surface area (Å²) < 4.78 is 13.0. The average molecular weight is 514 g/mol. The summed E-state index contributed by atoms with van der Waals surface area (Å²) in [6, 6.07) is 0. The third kappa shape index (κ3) is 5.88. The molecule has 6 atom stereocenters. The first kappa shape index (κ1) is 27.6. The van der Waals surface area contributed by atoms with Crippen molar-refractivity contribution in [3.8, 4) is 0 Å². The maximum Gasteiger partial charge on any atom is 0.351 e. The predicted molar refractivity (Wildman–Crippen MR) is 121 cm³/mol. The largest absolute Gasteiger partial charge is 0.394 e. The fraction of sp³-hybridized carbons (Fsp3) is 0.600. The lowest BCUT2D eigenvalue weighted by Crippen LogP contribution is -2.29. The van der Waals surface area contributed by atoms with E-state index in [1.807, 2.05) is 0 Å². The molecule has 0 spiro atoms. The van der Waals surface area contributed by atoms with E-state index in [0.717, 1.165) is 9.13 Å². The lowest BCUT2D eigenvalue weighted by atomic mass is 10.2. The van der Waals surface area contributed by atoms with E-state index in [1.165, 1.54) is 12.4 Å². The minimum atomic E-state index is -0.845. The highest BCUT2D eigenvalue weighted by Gasteiger charge is 2.36. The number of nitrogens with zero attached hydrogens (tertiary/aromatic N) is 4. The summed E-state index contributed by atoms with van der Waals surface area (Å²) in [5.41, 5.74) is 10.3. The van der Waals surface area contributed by atoms with Gasteiger partial charge in [0.25, 0.3) is 0 Å². The van der Waals surface area contributed by atoms with Gasteiger partial charge in [0.15, 0.2) is 0 Å². The third-order valence-corrected chi connectivity index (χ3v) is 5.85. The predicted octanol–water partition coefficient (Wildman–Crippen LogP) is -4.08.